The Bertz CT molecular complexity index is 241. The molecule has 0 aliphatic heterocycles. The lowest BCUT2D eigenvalue weighted by molar-refractivity contribution is 0.129. The molecule has 2 heteroatoms. The van der Waals surface area contributed by atoms with Crippen molar-refractivity contribution in [1.29, 1.82) is 0 Å². The van der Waals surface area contributed by atoms with E-state index in [-0.39, 0.29) is 0 Å². The quantitative estimate of drug-likeness (QED) is 0.584. The molecule has 2 rings (SSSR count). The van der Waals surface area contributed by atoms with E-state index in [0.717, 1.165) is 29.6 Å². The van der Waals surface area contributed by atoms with Crippen LogP contribution in [-0.4, -0.2) is 6.04 Å². The number of rotatable bonds is 3. The highest BCUT2D eigenvalue weighted by Crippen LogP contribution is 2.42. The first-order valence-electron chi connectivity index (χ1n) is 7.59. The summed E-state index contributed by atoms with van der Waals surface area (Å²) in [5.41, 5.74) is 3.18. The molecule has 17 heavy (non-hydrogen) atoms. The molecule has 0 aromatic carbocycles. The van der Waals surface area contributed by atoms with E-state index >= 15 is 0 Å². The lowest BCUT2D eigenvalue weighted by Crippen LogP contribution is -2.48. The zero-order valence-electron chi connectivity index (χ0n) is 11.8. The highest BCUT2D eigenvalue weighted by atomic mass is 15.2. The van der Waals surface area contributed by atoms with Gasteiger partial charge in [-0.1, -0.05) is 40.0 Å². The van der Waals surface area contributed by atoms with Crippen molar-refractivity contribution in [3.05, 3.63) is 0 Å². The fourth-order valence-corrected chi connectivity index (χ4v) is 4.23. The average molecular weight is 238 g/mol. The lowest BCUT2D eigenvalue weighted by atomic mass is 9.69. The van der Waals surface area contributed by atoms with Crippen LogP contribution in [0.4, 0.5) is 0 Å². The molecule has 3 N–H and O–H groups in total. The van der Waals surface area contributed by atoms with Crippen LogP contribution in [0.5, 0.6) is 0 Å². The van der Waals surface area contributed by atoms with Crippen molar-refractivity contribution in [3.63, 3.8) is 0 Å². The van der Waals surface area contributed by atoms with Gasteiger partial charge in [-0.25, -0.2) is 0 Å². The van der Waals surface area contributed by atoms with E-state index in [9.17, 15) is 0 Å². The molecule has 6 unspecified atom stereocenters. The maximum atomic E-state index is 5.88. The van der Waals surface area contributed by atoms with Gasteiger partial charge in [0.25, 0.3) is 0 Å². The maximum absolute atomic E-state index is 5.88. The van der Waals surface area contributed by atoms with Gasteiger partial charge in [0.05, 0.1) is 0 Å². The summed E-state index contributed by atoms with van der Waals surface area (Å²) in [4.78, 5) is 0. The van der Waals surface area contributed by atoms with Crippen LogP contribution in [0.25, 0.3) is 0 Å². The first-order valence-corrected chi connectivity index (χ1v) is 7.59. The molecule has 0 aromatic heterocycles. The third kappa shape index (κ3) is 2.85. The Morgan fingerprint density at radius 3 is 2.24 bits per heavy atom. The lowest BCUT2D eigenvalue weighted by Gasteiger charge is -2.40. The van der Waals surface area contributed by atoms with Crippen LogP contribution in [0.2, 0.25) is 0 Å². The van der Waals surface area contributed by atoms with Crippen LogP contribution in [0.15, 0.2) is 0 Å². The summed E-state index contributed by atoms with van der Waals surface area (Å²) >= 11 is 0. The molecule has 2 fully saturated rings. The van der Waals surface area contributed by atoms with Gasteiger partial charge in [-0.2, -0.15) is 0 Å². The largest absolute Gasteiger partial charge is 0.271 e. The van der Waals surface area contributed by atoms with Gasteiger partial charge in [-0.3, -0.25) is 11.3 Å². The van der Waals surface area contributed by atoms with Gasteiger partial charge >= 0.3 is 0 Å². The molecule has 2 saturated carbocycles. The Balaban J connectivity index is 1.98. The molecule has 0 heterocycles. The zero-order chi connectivity index (χ0) is 12.4. The summed E-state index contributed by atoms with van der Waals surface area (Å²) in [5.74, 6) is 10.2. The fraction of sp³-hybridized carbons (Fsp3) is 1.00. The number of nitrogens with one attached hydrogen (secondary N) is 1. The van der Waals surface area contributed by atoms with Crippen molar-refractivity contribution >= 4 is 0 Å². The smallest absolute Gasteiger partial charge is 0.0269 e. The topological polar surface area (TPSA) is 38.0 Å². The van der Waals surface area contributed by atoms with Crippen molar-refractivity contribution < 1.29 is 0 Å². The van der Waals surface area contributed by atoms with Gasteiger partial charge in [0.15, 0.2) is 0 Å². The second kappa shape index (κ2) is 5.71. The van der Waals surface area contributed by atoms with E-state index in [0.29, 0.717) is 6.04 Å². The standard InChI is InChI=1S/C15H30N2/c1-10-7-8-13(9-12(10)3)15(17-16)14-6-4-5-11(14)2/h10-15,17H,4-9,16H2,1-3H3. The Hall–Kier alpha value is -0.0800. The van der Waals surface area contributed by atoms with E-state index in [2.05, 4.69) is 26.2 Å². The molecular formula is C15H30N2. The number of hydrogen-bond donors (Lipinski definition) is 2. The van der Waals surface area contributed by atoms with Crippen molar-refractivity contribution in [3.8, 4) is 0 Å². The summed E-state index contributed by atoms with van der Waals surface area (Å²) in [7, 11) is 0. The van der Waals surface area contributed by atoms with Crippen molar-refractivity contribution in [2.75, 3.05) is 0 Å². The highest BCUT2D eigenvalue weighted by Gasteiger charge is 2.37. The molecule has 2 aliphatic rings. The molecule has 2 nitrogen and oxygen atoms in total. The third-order valence-corrected chi connectivity index (χ3v) is 5.73. The predicted octanol–water partition coefficient (Wildman–Crippen LogP) is 3.33. The van der Waals surface area contributed by atoms with Gasteiger partial charge in [-0.05, 0) is 48.9 Å². The highest BCUT2D eigenvalue weighted by molar-refractivity contribution is 4.91. The molecular weight excluding hydrogens is 208 g/mol. The minimum atomic E-state index is 0.572. The second-order valence-corrected chi connectivity index (χ2v) is 6.79. The van der Waals surface area contributed by atoms with Gasteiger partial charge in [0.2, 0.25) is 0 Å². The second-order valence-electron chi connectivity index (χ2n) is 6.79. The monoisotopic (exact) mass is 238 g/mol. The minimum absolute atomic E-state index is 0.572. The number of hydrazine groups is 1. The predicted molar refractivity (Wildman–Crippen MR) is 73.3 cm³/mol. The Morgan fingerprint density at radius 1 is 0.941 bits per heavy atom. The van der Waals surface area contributed by atoms with E-state index in [4.69, 9.17) is 5.84 Å². The fourth-order valence-electron chi connectivity index (χ4n) is 4.23. The van der Waals surface area contributed by atoms with Gasteiger partial charge in [-0.15, -0.1) is 0 Å². The van der Waals surface area contributed by atoms with Crippen LogP contribution in [0, 0.1) is 29.6 Å². The maximum Gasteiger partial charge on any atom is 0.0269 e. The molecule has 6 atom stereocenters. The third-order valence-electron chi connectivity index (χ3n) is 5.73. The summed E-state index contributed by atoms with van der Waals surface area (Å²) in [5, 5.41) is 0. The molecule has 0 bridgehead atoms. The average Bonchev–Trinajstić information content (AvgIpc) is 2.71. The van der Waals surface area contributed by atoms with E-state index in [1.165, 1.54) is 38.5 Å². The summed E-state index contributed by atoms with van der Waals surface area (Å²) < 4.78 is 0. The molecule has 0 aromatic rings. The zero-order valence-corrected chi connectivity index (χ0v) is 11.8. The van der Waals surface area contributed by atoms with E-state index < -0.39 is 0 Å². The summed E-state index contributed by atoms with van der Waals surface area (Å²) in [6.45, 7) is 7.24. The van der Waals surface area contributed by atoms with Crippen LogP contribution in [0.3, 0.4) is 0 Å². The Kier molecular flexibility index (Phi) is 4.48. The first-order chi connectivity index (χ1) is 8.13. The molecule has 0 saturated heterocycles. The molecule has 2 aliphatic carbocycles. The minimum Gasteiger partial charge on any atom is -0.271 e. The summed E-state index contributed by atoms with van der Waals surface area (Å²) in [6.07, 6.45) is 8.34. The Labute approximate surface area is 107 Å². The van der Waals surface area contributed by atoms with E-state index in [1.807, 2.05) is 0 Å². The van der Waals surface area contributed by atoms with Crippen LogP contribution < -0.4 is 11.3 Å². The molecule has 0 spiro atoms. The van der Waals surface area contributed by atoms with Crippen molar-refractivity contribution in [2.45, 2.75) is 65.3 Å². The first kappa shape index (κ1) is 13.4. The Morgan fingerprint density at radius 2 is 1.71 bits per heavy atom. The van der Waals surface area contributed by atoms with Crippen molar-refractivity contribution in [2.24, 2.45) is 35.4 Å². The molecule has 0 amide bonds. The van der Waals surface area contributed by atoms with Crippen LogP contribution >= 0.6 is 0 Å². The molecule has 100 valence electrons. The number of nitrogens with two attached hydrogens (primary N) is 1. The molecule has 0 radical (unpaired) electrons. The SMILES string of the molecule is CC1CCC(C(NN)C2CCCC2C)CC1C. The van der Waals surface area contributed by atoms with E-state index in [1.54, 1.807) is 0 Å². The van der Waals surface area contributed by atoms with Crippen LogP contribution in [0.1, 0.15) is 59.3 Å². The van der Waals surface area contributed by atoms with Crippen LogP contribution in [-0.2, 0) is 0 Å². The van der Waals surface area contributed by atoms with Crippen molar-refractivity contribution in [1.82, 2.24) is 5.43 Å². The summed E-state index contributed by atoms with van der Waals surface area (Å²) in [6, 6.07) is 0.572. The normalized spacial score (nSPS) is 44.8. The van der Waals surface area contributed by atoms with Gasteiger partial charge in [0, 0.05) is 6.04 Å². The van der Waals surface area contributed by atoms with Gasteiger partial charge < -0.3 is 0 Å². The number of hydrogen-bond acceptors (Lipinski definition) is 2. The van der Waals surface area contributed by atoms with Gasteiger partial charge in [0.1, 0.15) is 0 Å².